The number of anilines is 1. The highest BCUT2D eigenvalue weighted by molar-refractivity contribution is 5.76. The van der Waals surface area contributed by atoms with Crippen LogP contribution in [-0.2, 0) is 13.6 Å². The summed E-state index contributed by atoms with van der Waals surface area (Å²) in [5, 5.41) is 0. The van der Waals surface area contributed by atoms with Crippen molar-refractivity contribution < 1.29 is 4.42 Å². The number of nitrogens with two attached hydrogens (primary N) is 1. The molecule has 0 fully saturated rings. The van der Waals surface area contributed by atoms with E-state index < -0.39 is 0 Å². The van der Waals surface area contributed by atoms with Crippen LogP contribution in [-0.4, -0.2) is 14.1 Å². The largest absolute Gasteiger partial charge is 0.439 e. The Bertz CT molecular complexity index is 766. The lowest BCUT2D eigenvalue weighted by atomic mass is 10.3. The Hall–Kier alpha value is -2.50. The van der Waals surface area contributed by atoms with Crippen molar-refractivity contribution >= 4 is 16.8 Å². The summed E-state index contributed by atoms with van der Waals surface area (Å²) in [6.45, 7) is 0.314. The molecule has 0 aliphatic rings. The predicted octanol–water partition coefficient (Wildman–Crippen LogP) is 0.959. The van der Waals surface area contributed by atoms with E-state index in [9.17, 15) is 4.79 Å². The van der Waals surface area contributed by atoms with Crippen molar-refractivity contribution in [3.05, 3.63) is 47.0 Å². The first-order chi connectivity index (χ1) is 8.63. The minimum atomic E-state index is -0.100. The lowest BCUT2D eigenvalue weighted by Crippen LogP contribution is -2.22. The number of benzene rings is 1. The zero-order chi connectivity index (χ0) is 12.7. The number of fused-ring (bicyclic) bond motifs is 1. The van der Waals surface area contributed by atoms with Crippen molar-refractivity contribution in [1.82, 2.24) is 14.1 Å². The minimum Gasteiger partial charge on any atom is -0.439 e. The van der Waals surface area contributed by atoms with Crippen LogP contribution >= 0.6 is 0 Å². The van der Waals surface area contributed by atoms with Crippen LogP contribution in [0.2, 0.25) is 0 Å². The highest BCUT2D eigenvalue weighted by Crippen LogP contribution is 2.18. The van der Waals surface area contributed by atoms with Gasteiger partial charge in [-0.2, -0.15) is 0 Å². The Morgan fingerprint density at radius 2 is 2.22 bits per heavy atom. The number of hydrogen-bond acceptors (Lipinski definition) is 4. The second-order valence-electron chi connectivity index (χ2n) is 4.15. The number of aromatic nitrogens is 3. The van der Waals surface area contributed by atoms with Crippen LogP contribution in [0.15, 0.2) is 39.8 Å². The molecule has 0 saturated carbocycles. The molecule has 6 heteroatoms. The molecular formula is C12H12N4O2. The second kappa shape index (κ2) is 3.76. The number of imidazole rings is 1. The molecule has 3 rings (SSSR count). The Labute approximate surface area is 102 Å². The van der Waals surface area contributed by atoms with E-state index in [1.165, 1.54) is 9.13 Å². The molecule has 0 bridgehead atoms. The van der Waals surface area contributed by atoms with Crippen LogP contribution in [0.25, 0.3) is 11.1 Å². The second-order valence-corrected chi connectivity index (χ2v) is 4.15. The van der Waals surface area contributed by atoms with E-state index in [0.717, 1.165) is 0 Å². The molecule has 6 nitrogen and oxygen atoms in total. The first kappa shape index (κ1) is 10.6. The summed E-state index contributed by atoms with van der Waals surface area (Å²) < 4.78 is 8.59. The van der Waals surface area contributed by atoms with Crippen LogP contribution in [0.4, 0.5) is 5.69 Å². The lowest BCUT2D eigenvalue weighted by molar-refractivity contribution is 0.502. The normalized spacial score (nSPS) is 11.2. The monoisotopic (exact) mass is 244 g/mol. The van der Waals surface area contributed by atoms with Gasteiger partial charge < -0.3 is 14.7 Å². The quantitative estimate of drug-likeness (QED) is 0.681. The summed E-state index contributed by atoms with van der Waals surface area (Å²) in [6, 6.07) is 5.27. The Balaban J connectivity index is 2.00. The molecule has 1 aromatic carbocycles. The van der Waals surface area contributed by atoms with Crippen molar-refractivity contribution in [3.63, 3.8) is 0 Å². The van der Waals surface area contributed by atoms with Crippen molar-refractivity contribution in [1.29, 1.82) is 0 Å². The molecule has 92 valence electrons. The average Bonchev–Trinajstić information content (AvgIpc) is 2.86. The zero-order valence-corrected chi connectivity index (χ0v) is 9.83. The van der Waals surface area contributed by atoms with E-state index in [1.807, 2.05) is 0 Å². The lowest BCUT2D eigenvalue weighted by Gasteiger charge is -1.95. The van der Waals surface area contributed by atoms with Gasteiger partial charge in [-0.15, -0.1) is 0 Å². The molecule has 0 radical (unpaired) electrons. The third kappa shape index (κ3) is 1.67. The summed E-state index contributed by atoms with van der Waals surface area (Å²) in [5.74, 6) is 0.490. The van der Waals surface area contributed by atoms with E-state index in [1.54, 1.807) is 37.6 Å². The molecular weight excluding hydrogens is 232 g/mol. The molecule has 0 aliphatic heterocycles. The molecule has 0 amide bonds. The smallest absolute Gasteiger partial charge is 0.328 e. The van der Waals surface area contributed by atoms with Crippen LogP contribution in [0.5, 0.6) is 0 Å². The summed E-state index contributed by atoms with van der Waals surface area (Å²) in [6.07, 6.45) is 3.40. The maximum absolute atomic E-state index is 11.7. The van der Waals surface area contributed by atoms with E-state index in [-0.39, 0.29) is 5.69 Å². The zero-order valence-electron chi connectivity index (χ0n) is 9.83. The van der Waals surface area contributed by atoms with Gasteiger partial charge in [-0.25, -0.2) is 9.78 Å². The highest BCUT2D eigenvalue weighted by atomic mass is 16.3. The summed E-state index contributed by atoms with van der Waals surface area (Å²) in [5.41, 5.74) is 7.58. The fourth-order valence-corrected chi connectivity index (χ4v) is 1.84. The van der Waals surface area contributed by atoms with Gasteiger partial charge in [-0.1, -0.05) is 0 Å². The van der Waals surface area contributed by atoms with Crippen molar-refractivity contribution in [3.8, 4) is 0 Å². The summed E-state index contributed by atoms with van der Waals surface area (Å²) in [7, 11) is 1.70. The average molecular weight is 244 g/mol. The summed E-state index contributed by atoms with van der Waals surface area (Å²) >= 11 is 0. The molecule has 0 unspecified atom stereocenters. The molecule has 18 heavy (non-hydrogen) atoms. The molecule has 0 aliphatic carbocycles. The van der Waals surface area contributed by atoms with Gasteiger partial charge in [0.15, 0.2) is 5.58 Å². The van der Waals surface area contributed by atoms with Gasteiger partial charge in [0, 0.05) is 25.1 Å². The number of oxazole rings is 1. The maximum atomic E-state index is 11.7. The van der Waals surface area contributed by atoms with Gasteiger partial charge >= 0.3 is 5.69 Å². The third-order valence-corrected chi connectivity index (χ3v) is 2.78. The van der Waals surface area contributed by atoms with Gasteiger partial charge in [0.2, 0.25) is 5.89 Å². The third-order valence-electron chi connectivity index (χ3n) is 2.78. The molecule has 3 aromatic rings. The van der Waals surface area contributed by atoms with Crippen LogP contribution < -0.4 is 11.4 Å². The summed E-state index contributed by atoms with van der Waals surface area (Å²) in [4.78, 5) is 16.0. The number of rotatable bonds is 2. The van der Waals surface area contributed by atoms with Gasteiger partial charge in [-0.3, -0.25) is 4.57 Å². The van der Waals surface area contributed by atoms with Gasteiger partial charge in [0.05, 0.1) is 0 Å². The molecule has 2 N–H and O–H groups in total. The van der Waals surface area contributed by atoms with E-state index in [0.29, 0.717) is 29.2 Å². The SMILES string of the molecule is Cn1ccn(Cc2nc3cc(N)ccc3o2)c1=O. The fraction of sp³-hybridized carbons (Fsp3) is 0.167. The van der Waals surface area contributed by atoms with Gasteiger partial charge in [0.25, 0.3) is 0 Å². The number of nitrogens with zero attached hydrogens (tertiary/aromatic N) is 3. The topological polar surface area (TPSA) is 79.0 Å². The first-order valence-corrected chi connectivity index (χ1v) is 5.50. The first-order valence-electron chi connectivity index (χ1n) is 5.50. The van der Waals surface area contributed by atoms with Crippen LogP contribution in [0.3, 0.4) is 0 Å². The standard InChI is InChI=1S/C12H12N4O2/c1-15-4-5-16(12(15)17)7-11-14-9-6-8(13)2-3-10(9)18-11/h2-6H,7,13H2,1H3. The maximum Gasteiger partial charge on any atom is 0.328 e. The van der Waals surface area contributed by atoms with E-state index in [2.05, 4.69) is 4.98 Å². The molecule has 0 saturated heterocycles. The number of nitrogen functional groups attached to an aromatic ring is 1. The molecule has 0 spiro atoms. The predicted molar refractivity (Wildman–Crippen MR) is 67.2 cm³/mol. The Morgan fingerprint density at radius 1 is 1.39 bits per heavy atom. The van der Waals surface area contributed by atoms with Crippen LogP contribution in [0, 0.1) is 0 Å². The van der Waals surface area contributed by atoms with E-state index >= 15 is 0 Å². The highest BCUT2D eigenvalue weighted by Gasteiger charge is 2.08. The van der Waals surface area contributed by atoms with Crippen molar-refractivity contribution in [2.75, 3.05) is 5.73 Å². The molecule has 2 aromatic heterocycles. The number of hydrogen-bond donors (Lipinski definition) is 1. The minimum absolute atomic E-state index is 0.100. The molecule has 2 heterocycles. The molecule has 0 atom stereocenters. The van der Waals surface area contributed by atoms with Crippen molar-refractivity contribution in [2.24, 2.45) is 7.05 Å². The van der Waals surface area contributed by atoms with Gasteiger partial charge in [-0.05, 0) is 18.2 Å². The number of aryl methyl sites for hydroxylation is 1. The Morgan fingerprint density at radius 3 is 2.94 bits per heavy atom. The van der Waals surface area contributed by atoms with Gasteiger partial charge in [0.1, 0.15) is 12.1 Å². The van der Waals surface area contributed by atoms with Crippen molar-refractivity contribution in [2.45, 2.75) is 6.54 Å². The Kier molecular flexibility index (Phi) is 2.22. The van der Waals surface area contributed by atoms with E-state index in [4.69, 9.17) is 10.2 Å². The fourth-order valence-electron chi connectivity index (χ4n) is 1.84. The van der Waals surface area contributed by atoms with Crippen LogP contribution in [0.1, 0.15) is 5.89 Å².